The number of amides is 1. The van der Waals surface area contributed by atoms with Gasteiger partial charge in [-0.2, -0.15) is 4.98 Å². The summed E-state index contributed by atoms with van der Waals surface area (Å²) in [5.74, 6) is 1.19. The Kier molecular flexibility index (Phi) is 4.31. The molecule has 10 heteroatoms. The molecular formula is C20H24N8O2. The van der Waals surface area contributed by atoms with E-state index in [9.17, 15) is 4.79 Å². The average Bonchev–Trinajstić information content (AvgIpc) is 3.40. The molecule has 5 rings (SSSR count). The van der Waals surface area contributed by atoms with E-state index in [1.165, 1.54) is 7.11 Å². The summed E-state index contributed by atoms with van der Waals surface area (Å²) < 4.78 is 7.33. The third-order valence-corrected chi connectivity index (χ3v) is 5.94. The number of fused-ring (bicyclic) bond motifs is 2. The first-order valence-electron chi connectivity index (χ1n) is 9.99. The fourth-order valence-electron chi connectivity index (χ4n) is 4.53. The van der Waals surface area contributed by atoms with Crippen LogP contribution in [0.5, 0.6) is 5.88 Å². The number of anilines is 1. The number of nitrogens with zero attached hydrogens (tertiary/aromatic N) is 6. The van der Waals surface area contributed by atoms with Crippen LogP contribution in [0.2, 0.25) is 0 Å². The molecule has 0 saturated carbocycles. The van der Waals surface area contributed by atoms with Crippen LogP contribution in [0.15, 0.2) is 12.4 Å². The van der Waals surface area contributed by atoms with Crippen molar-refractivity contribution in [3.63, 3.8) is 0 Å². The number of carbonyl (C=O) groups is 1. The van der Waals surface area contributed by atoms with Crippen molar-refractivity contribution in [2.45, 2.75) is 13.8 Å². The molecule has 2 unspecified atom stereocenters. The van der Waals surface area contributed by atoms with E-state index in [-0.39, 0.29) is 11.4 Å². The smallest absolute Gasteiger partial charge is 0.256 e. The summed E-state index contributed by atoms with van der Waals surface area (Å²) in [6, 6.07) is 0. The first-order chi connectivity index (χ1) is 14.4. The standard InChI is InChI=1S/C20H24N8O2/c1-10-6-27-9-14(24-11(2)18(27)23-10)16-15(17(21)29)19(30-3)26-20(25-16)28-7-12-4-22-5-13(12)8-28/h6,9,12-13,22H,4-5,7-8H2,1-3H3,(H2,21,29). The number of aromatic nitrogens is 5. The van der Waals surface area contributed by atoms with Gasteiger partial charge in [0.1, 0.15) is 17.0 Å². The highest BCUT2D eigenvalue weighted by molar-refractivity contribution is 6.01. The van der Waals surface area contributed by atoms with Gasteiger partial charge in [0, 0.05) is 38.6 Å². The Morgan fingerprint density at radius 2 is 1.87 bits per heavy atom. The quantitative estimate of drug-likeness (QED) is 0.642. The van der Waals surface area contributed by atoms with Crippen molar-refractivity contribution in [2.75, 3.05) is 38.2 Å². The van der Waals surface area contributed by atoms with Gasteiger partial charge in [0.15, 0.2) is 5.65 Å². The Morgan fingerprint density at radius 3 is 2.53 bits per heavy atom. The zero-order chi connectivity index (χ0) is 21.0. The molecule has 2 aliphatic rings. The number of ether oxygens (including phenoxy) is 1. The Labute approximate surface area is 173 Å². The number of hydrogen-bond donors (Lipinski definition) is 2. The molecule has 0 spiro atoms. The van der Waals surface area contributed by atoms with Crippen molar-refractivity contribution in [2.24, 2.45) is 17.6 Å². The molecule has 2 saturated heterocycles. The van der Waals surface area contributed by atoms with Crippen molar-refractivity contribution in [1.29, 1.82) is 0 Å². The van der Waals surface area contributed by atoms with E-state index in [1.54, 1.807) is 0 Å². The summed E-state index contributed by atoms with van der Waals surface area (Å²) in [6.45, 7) is 7.53. The minimum atomic E-state index is -0.655. The third-order valence-electron chi connectivity index (χ3n) is 5.94. The van der Waals surface area contributed by atoms with Crippen LogP contribution in [0.1, 0.15) is 21.7 Å². The molecule has 3 aromatic rings. The Morgan fingerprint density at radius 1 is 1.13 bits per heavy atom. The fourth-order valence-corrected chi connectivity index (χ4v) is 4.53. The van der Waals surface area contributed by atoms with Crippen molar-refractivity contribution < 1.29 is 9.53 Å². The predicted octanol–water partition coefficient (Wildman–Crippen LogP) is 0.566. The summed E-state index contributed by atoms with van der Waals surface area (Å²) in [5.41, 5.74) is 9.09. The summed E-state index contributed by atoms with van der Waals surface area (Å²) in [5, 5.41) is 3.43. The molecule has 10 nitrogen and oxygen atoms in total. The second kappa shape index (κ2) is 6.91. The highest BCUT2D eigenvalue weighted by Crippen LogP contribution is 2.33. The van der Waals surface area contributed by atoms with Crippen molar-refractivity contribution in [3.05, 3.63) is 29.3 Å². The number of aryl methyl sites for hydroxylation is 2. The second-order valence-electron chi connectivity index (χ2n) is 8.03. The van der Waals surface area contributed by atoms with Gasteiger partial charge in [0.25, 0.3) is 5.91 Å². The molecule has 2 fully saturated rings. The monoisotopic (exact) mass is 408 g/mol. The van der Waals surface area contributed by atoms with E-state index in [0.29, 0.717) is 29.2 Å². The summed E-state index contributed by atoms with van der Waals surface area (Å²) in [4.78, 5) is 32.9. The maximum atomic E-state index is 12.3. The van der Waals surface area contributed by atoms with Crippen molar-refractivity contribution in [3.8, 4) is 17.3 Å². The Balaban J connectivity index is 1.67. The molecule has 0 bridgehead atoms. The average molecular weight is 408 g/mol. The molecular weight excluding hydrogens is 384 g/mol. The zero-order valence-corrected chi connectivity index (χ0v) is 17.2. The zero-order valence-electron chi connectivity index (χ0n) is 17.2. The van der Waals surface area contributed by atoms with E-state index in [2.05, 4.69) is 25.2 Å². The number of nitrogens with two attached hydrogens (primary N) is 1. The lowest BCUT2D eigenvalue weighted by molar-refractivity contribution is 0.0997. The number of hydrogen-bond acceptors (Lipinski definition) is 8. The van der Waals surface area contributed by atoms with Crippen LogP contribution in [0, 0.1) is 25.7 Å². The van der Waals surface area contributed by atoms with Crippen molar-refractivity contribution >= 4 is 17.5 Å². The molecule has 0 radical (unpaired) electrons. The molecule has 3 N–H and O–H groups in total. The second-order valence-corrected chi connectivity index (χ2v) is 8.03. The van der Waals surface area contributed by atoms with Gasteiger partial charge in [0.2, 0.25) is 11.8 Å². The number of carbonyl (C=O) groups excluding carboxylic acids is 1. The van der Waals surface area contributed by atoms with Crippen molar-refractivity contribution in [1.82, 2.24) is 29.7 Å². The SMILES string of the molecule is COc1nc(N2CC3CNCC3C2)nc(-c2cn3cc(C)nc3c(C)n2)c1C(N)=O. The minimum Gasteiger partial charge on any atom is -0.480 e. The largest absolute Gasteiger partial charge is 0.480 e. The van der Waals surface area contributed by atoms with E-state index < -0.39 is 5.91 Å². The lowest BCUT2D eigenvalue weighted by Gasteiger charge is -2.20. The minimum absolute atomic E-state index is 0.130. The number of primary amides is 1. The lowest BCUT2D eigenvalue weighted by Crippen LogP contribution is -2.28. The maximum absolute atomic E-state index is 12.3. The molecule has 5 heterocycles. The van der Waals surface area contributed by atoms with E-state index in [4.69, 9.17) is 15.5 Å². The summed E-state index contributed by atoms with van der Waals surface area (Å²) in [7, 11) is 1.48. The molecule has 156 valence electrons. The molecule has 2 aliphatic heterocycles. The Hall–Kier alpha value is -3.27. The van der Waals surface area contributed by atoms with E-state index in [1.807, 2.05) is 30.6 Å². The number of rotatable bonds is 4. The van der Waals surface area contributed by atoms with Crippen LogP contribution in [0.3, 0.4) is 0 Å². The first-order valence-corrected chi connectivity index (χ1v) is 9.99. The maximum Gasteiger partial charge on any atom is 0.256 e. The van der Waals surface area contributed by atoms with Gasteiger partial charge in [-0.3, -0.25) is 4.79 Å². The summed E-state index contributed by atoms with van der Waals surface area (Å²) in [6.07, 6.45) is 3.72. The van der Waals surface area contributed by atoms with Crippen LogP contribution in [-0.2, 0) is 0 Å². The molecule has 0 aliphatic carbocycles. The molecule has 2 atom stereocenters. The first kappa shape index (κ1) is 18.7. The normalized spacial score (nSPS) is 20.7. The number of imidazole rings is 1. The third kappa shape index (κ3) is 2.95. The fraction of sp³-hybridized carbons (Fsp3) is 0.450. The number of nitrogens with one attached hydrogen (secondary N) is 1. The predicted molar refractivity (Wildman–Crippen MR) is 111 cm³/mol. The van der Waals surface area contributed by atoms with E-state index in [0.717, 1.165) is 43.2 Å². The van der Waals surface area contributed by atoms with Gasteiger partial charge >= 0.3 is 0 Å². The van der Waals surface area contributed by atoms with Gasteiger partial charge in [0.05, 0.1) is 18.5 Å². The number of methoxy groups -OCH3 is 1. The topological polar surface area (TPSA) is 124 Å². The van der Waals surface area contributed by atoms with Gasteiger partial charge in [-0.1, -0.05) is 0 Å². The molecule has 1 amide bonds. The van der Waals surface area contributed by atoms with Crippen LogP contribution >= 0.6 is 0 Å². The van der Waals surface area contributed by atoms with Crippen LogP contribution < -0.4 is 20.7 Å². The van der Waals surface area contributed by atoms with Gasteiger partial charge in [-0.15, -0.1) is 0 Å². The van der Waals surface area contributed by atoms with Crippen LogP contribution in [0.25, 0.3) is 17.0 Å². The van der Waals surface area contributed by atoms with Gasteiger partial charge in [-0.25, -0.2) is 15.0 Å². The lowest BCUT2D eigenvalue weighted by atomic mass is 10.0. The highest BCUT2D eigenvalue weighted by atomic mass is 16.5. The van der Waals surface area contributed by atoms with Gasteiger partial charge < -0.3 is 25.1 Å². The Bertz CT molecular complexity index is 1150. The van der Waals surface area contributed by atoms with E-state index >= 15 is 0 Å². The van der Waals surface area contributed by atoms with Crippen LogP contribution in [-0.4, -0.2) is 63.5 Å². The summed E-state index contributed by atoms with van der Waals surface area (Å²) >= 11 is 0. The highest BCUT2D eigenvalue weighted by Gasteiger charge is 2.38. The molecule has 30 heavy (non-hydrogen) atoms. The molecule has 0 aromatic carbocycles. The molecule has 3 aromatic heterocycles. The van der Waals surface area contributed by atoms with Gasteiger partial charge in [-0.05, 0) is 25.7 Å². The van der Waals surface area contributed by atoms with Crippen LogP contribution in [0.4, 0.5) is 5.95 Å².